The molecule has 3 rings (SSSR count). The lowest BCUT2D eigenvalue weighted by atomic mass is 10.0. The molecule has 0 bridgehead atoms. The molecule has 2 aromatic rings. The molecule has 1 unspecified atom stereocenters. The third kappa shape index (κ3) is 3.59. The second-order valence-corrected chi connectivity index (χ2v) is 5.61. The molecular weight excluding hydrogens is 300 g/mol. The highest BCUT2D eigenvalue weighted by Gasteiger charge is 2.17. The van der Waals surface area contributed by atoms with E-state index >= 15 is 0 Å². The monoisotopic (exact) mass is 322 g/mol. The number of carbonyl (C=O) groups is 1. The molecule has 2 heterocycles. The largest absolute Gasteiger partial charge is 0.316 e. The Kier molecular flexibility index (Phi) is 5.80. The fraction of sp³-hybridized carbons (Fsp3) is 0.500. The average Bonchev–Trinajstić information content (AvgIpc) is 3.12. The van der Waals surface area contributed by atoms with Gasteiger partial charge in [0, 0.05) is 13.0 Å². The molecule has 22 heavy (non-hydrogen) atoms. The minimum atomic E-state index is 0. The van der Waals surface area contributed by atoms with Crippen LogP contribution in [-0.4, -0.2) is 28.5 Å². The number of carbonyl (C=O) groups excluding carboxylic acids is 1. The number of amides is 1. The summed E-state index contributed by atoms with van der Waals surface area (Å²) >= 11 is 0. The first kappa shape index (κ1) is 16.8. The summed E-state index contributed by atoms with van der Waals surface area (Å²) in [6, 6.07) is 7.97. The minimum absolute atomic E-state index is 0. The van der Waals surface area contributed by atoms with Gasteiger partial charge in [0.2, 0.25) is 11.9 Å². The summed E-state index contributed by atoms with van der Waals surface area (Å²) in [7, 11) is 0. The molecule has 0 aliphatic carbocycles. The average molecular weight is 323 g/mol. The molecule has 1 aromatic heterocycles. The first-order chi connectivity index (χ1) is 10.3. The lowest BCUT2D eigenvalue weighted by Gasteiger charge is -2.09. The lowest BCUT2D eigenvalue weighted by molar-refractivity contribution is -0.116. The molecule has 2 N–H and O–H groups in total. The second-order valence-electron chi connectivity index (χ2n) is 5.61. The van der Waals surface area contributed by atoms with Gasteiger partial charge < -0.3 is 9.88 Å². The van der Waals surface area contributed by atoms with Crippen LogP contribution in [-0.2, 0) is 11.3 Å². The molecule has 1 aliphatic rings. The van der Waals surface area contributed by atoms with Gasteiger partial charge in [0.25, 0.3) is 0 Å². The number of hydrogen-bond donors (Lipinski definition) is 2. The van der Waals surface area contributed by atoms with E-state index in [-0.39, 0.29) is 18.3 Å². The predicted octanol–water partition coefficient (Wildman–Crippen LogP) is 2.81. The maximum Gasteiger partial charge on any atom is 0.226 e. The highest BCUT2D eigenvalue weighted by atomic mass is 35.5. The van der Waals surface area contributed by atoms with Crippen LogP contribution in [0.3, 0.4) is 0 Å². The van der Waals surface area contributed by atoms with Crippen molar-refractivity contribution < 1.29 is 4.79 Å². The Morgan fingerprint density at radius 2 is 2.27 bits per heavy atom. The summed E-state index contributed by atoms with van der Waals surface area (Å²) in [5, 5.41) is 6.30. The van der Waals surface area contributed by atoms with Crippen LogP contribution in [0.4, 0.5) is 5.95 Å². The smallest absolute Gasteiger partial charge is 0.226 e. The van der Waals surface area contributed by atoms with Crippen molar-refractivity contribution in [1.82, 2.24) is 14.9 Å². The number of anilines is 1. The first-order valence-electron chi connectivity index (χ1n) is 7.73. The highest BCUT2D eigenvalue weighted by molar-refractivity contribution is 5.91. The molecule has 0 saturated carbocycles. The summed E-state index contributed by atoms with van der Waals surface area (Å²) in [5.74, 6) is 1.36. The zero-order valence-corrected chi connectivity index (χ0v) is 13.7. The Morgan fingerprint density at radius 3 is 3.00 bits per heavy atom. The number of rotatable bonds is 5. The van der Waals surface area contributed by atoms with Crippen LogP contribution < -0.4 is 10.6 Å². The van der Waals surface area contributed by atoms with Crippen molar-refractivity contribution in [3.63, 3.8) is 0 Å². The highest BCUT2D eigenvalue weighted by Crippen LogP contribution is 2.20. The number of nitrogens with zero attached hydrogens (tertiary/aromatic N) is 2. The maximum absolute atomic E-state index is 12.1. The van der Waals surface area contributed by atoms with Crippen molar-refractivity contribution in [3.05, 3.63) is 24.3 Å². The molecular formula is C16H23ClN4O. The number of imidazole rings is 1. The normalized spacial score (nSPS) is 17.4. The molecule has 1 amide bonds. The standard InChI is InChI=1S/C16H22N4O.ClH/c1-2-20-14-6-4-3-5-13(14)18-16(20)19-15(21)8-7-12-9-10-17-11-12;/h3-6,12,17H,2,7-11H2,1H3,(H,18,19,21);1H. The fourth-order valence-electron chi connectivity index (χ4n) is 2.97. The van der Waals surface area contributed by atoms with Gasteiger partial charge in [0.05, 0.1) is 11.0 Å². The minimum Gasteiger partial charge on any atom is -0.316 e. The van der Waals surface area contributed by atoms with Crippen molar-refractivity contribution in [2.75, 3.05) is 18.4 Å². The maximum atomic E-state index is 12.1. The number of fused-ring (bicyclic) bond motifs is 1. The number of aryl methyl sites for hydroxylation is 1. The quantitative estimate of drug-likeness (QED) is 0.890. The van der Waals surface area contributed by atoms with Gasteiger partial charge in [-0.25, -0.2) is 4.98 Å². The summed E-state index contributed by atoms with van der Waals surface area (Å²) in [4.78, 5) is 16.7. The Morgan fingerprint density at radius 1 is 1.45 bits per heavy atom. The van der Waals surface area contributed by atoms with E-state index in [2.05, 4.69) is 22.5 Å². The molecule has 0 radical (unpaired) electrons. The van der Waals surface area contributed by atoms with E-state index in [1.807, 2.05) is 28.8 Å². The van der Waals surface area contributed by atoms with E-state index in [1.165, 1.54) is 6.42 Å². The zero-order valence-electron chi connectivity index (χ0n) is 12.8. The topological polar surface area (TPSA) is 59.0 Å². The molecule has 1 aliphatic heterocycles. The van der Waals surface area contributed by atoms with Crippen LogP contribution in [0.2, 0.25) is 0 Å². The van der Waals surface area contributed by atoms with Gasteiger partial charge in [0.1, 0.15) is 0 Å². The molecule has 1 saturated heterocycles. The second kappa shape index (κ2) is 7.61. The number of halogens is 1. The van der Waals surface area contributed by atoms with Crippen molar-refractivity contribution in [2.24, 2.45) is 5.92 Å². The van der Waals surface area contributed by atoms with Crippen molar-refractivity contribution >= 4 is 35.3 Å². The van der Waals surface area contributed by atoms with E-state index in [0.717, 1.165) is 37.1 Å². The fourth-order valence-corrected chi connectivity index (χ4v) is 2.97. The molecule has 6 heteroatoms. The molecule has 1 atom stereocenters. The summed E-state index contributed by atoms with van der Waals surface area (Å²) in [5.41, 5.74) is 1.99. The van der Waals surface area contributed by atoms with E-state index in [9.17, 15) is 4.79 Å². The number of benzene rings is 1. The van der Waals surface area contributed by atoms with E-state index in [1.54, 1.807) is 0 Å². The first-order valence-corrected chi connectivity index (χ1v) is 7.73. The Bertz CT molecular complexity index is 634. The molecule has 5 nitrogen and oxygen atoms in total. The van der Waals surface area contributed by atoms with Crippen LogP contribution in [0, 0.1) is 5.92 Å². The Balaban J connectivity index is 0.00000176. The van der Waals surface area contributed by atoms with Gasteiger partial charge in [0.15, 0.2) is 0 Å². The molecule has 1 aromatic carbocycles. The van der Waals surface area contributed by atoms with E-state index in [4.69, 9.17) is 0 Å². The summed E-state index contributed by atoms with van der Waals surface area (Å²) < 4.78 is 2.05. The third-order valence-electron chi connectivity index (χ3n) is 4.16. The molecule has 0 spiro atoms. The zero-order chi connectivity index (χ0) is 14.7. The third-order valence-corrected chi connectivity index (χ3v) is 4.16. The Labute approximate surface area is 136 Å². The van der Waals surface area contributed by atoms with E-state index < -0.39 is 0 Å². The van der Waals surface area contributed by atoms with Crippen molar-refractivity contribution in [3.8, 4) is 0 Å². The van der Waals surface area contributed by atoms with Gasteiger partial charge in [-0.3, -0.25) is 10.1 Å². The van der Waals surface area contributed by atoms with Crippen LogP contribution >= 0.6 is 12.4 Å². The van der Waals surface area contributed by atoms with Crippen LogP contribution in [0.25, 0.3) is 11.0 Å². The number of aromatic nitrogens is 2. The Hall–Kier alpha value is -1.59. The van der Waals surface area contributed by atoms with Crippen molar-refractivity contribution in [1.29, 1.82) is 0 Å². The molecule has 120 valence electrons. The van der Waals surface area contributed by atoms with Crippen LogP contribution in [0.1, 0.15) is 26.2 Å². The van der Waals surface area contributed by atoms with E-state index in [0.29, 0.717) is 18.3 Å². The lowest BCUT2D eigenvalue weighted by Crippen LogP contribution is -2.17. The number of nitrogens with one attached hydrogen (secondary N) is 2. The molecule has 1 fully saturated rings. The van der Waals surface area contributed by atoms with Gasteiger partial charge >= 0.3 is 0 Å². The van der Waals surface area contributed by atoms with Gasteiger partial charge in [-0.05, 0) is 50.9 Å². The van der Waals surface area contributed by atoms with Crippen molar-refractivity contribution in [2.45, 2.75) is 32.7 Å². The number of hydrogen-bond acceptors (Lipinski definition) is 3. The SMILES string of the molecule is CCn1c(NC(=O)CCC2CCNC2)nc2ccccc21.Cl. The predicted molar refractivity (Wildman–Crippen MR) is 91.5 cm³/mol. The van der Waals surface area contributed by atoms with Gasteiger partial charge in [-0.2, -0.15) is 0 Å². The van der Waals surface area contributed by atoms with Gasteiger partial charge in [-0.1, -0.05) is 12.1 Å². The van der Waals surface area contributed by atoms with Crippen LogP contribution in [0.15, 0.2) is 24.3 Å². The summed E-state index contributed by atoms with van der Waals surface area (Å²) in [6.07, 6.45) is 2.70. The number of para-hydroxylation sites is 2. The van der Waals surface area contributed by atoms with Gasteiger partial charge in [-0.15, -0.1) is 12.4 Å². The summed E-state index contributed by atoms with van der Waals surface area (Å²) in [6.45, 7) is 4.98. The van der Waals surface area contributed by atoms with Crippen LogP contribution in [0.5, 0.6) is 0 Å².